The highest BCUT2D eigenvalue weighted by molar-refractivity contribution is 7.11. The molecule has 1 aromatic carbocycles. The summed E-state index contributed by atoms with van der Waals surface area (Å²) < 4.78 is 1.52. The number of hydrogen-bond donors (Lipinski definition) is 0. The largest absolute Gasteiger partial charge is 0.334 e. The van der Waals surface area contributed by atoms with Crippen LogP contribution < -0.4 is 4.87 Å². The molecule has 1 heterocycles. The van der Waals surface area contributed by atoms with Crippen molar-refractivity contribution in [2.24, 2.45) is 7.05 Å². The molecule has 0 aliphatic heterocycles. The van der Waals surface area contributed by atoms with E-state index in [2.05, 4.69) is 0 Å². The molecule has 0 bridgehead atoms. The zero-order valence-corrected chi connectivity index (χ0v) is 12.7. The Kier molecular flexibility index (Phi) is 4.39. The van der Waals surface area contributed by atoms with Crippen LogP contribution in [0, 0.1) is 6.92 Å². The van der Waals surface area contributed by atoms with Crippen LogP contribution in [0.15, 0.2) is 35.1 Å². The van der Waals surface area contributed by atoms with E-state index in [1.807, 2.05) is 44.2 Å². The minimum atomic E-state index is -0.0957. The molecule has 5 heteroatoms. The Bertz CT molecular complexity index is 658. The minimum Gasteiger partial charge on any atom is -0.334 e. The molecule has 0 fully saturated rings. The quantitative estimate of drug-likeness (QED) is 0.868. The molecule has 1 amide bonds. The summed E-state index contributed by atoms with van der Waals surface area (Å²) >= 11 is 1.02. The Morgan fingerprint density at radius 3 is 2.45 bits per heavy atom. The second kappa shape index (κ2) is 6.05. The average Bonchev–Trinajstić information content (AvgIpc) is 2.73. The lowest BCUT2D eigenvalue weighted by Crippen LogP contribution is -2.30. The van der Waals surface area contributed by atoms with Gasteiger partial charge < -0.3 is 9.47 Å². The highest BCUT2D eigenvalue weighted by Crippen LogP contribution is 2.15. The van der Waals surface area contributed by atoms with Crippen LogP contribution >= 0.6 is 11.3 Å². The van der Waals surface area contributed by atoms with Crippen LogP contribution in [0.4, 0.5) is 0 Å². The first-order valence-electron chi connectivity index (χ1n) is 6.54. The summed E-state index contributed by atoms with van der Waals surface area (Å²) in [6.45, 7) is 4.93. The van der Waals surface area contributed by atoms with E-state index in [-0.39, 0.29) is 10.8 Å². The third-order valence-electron chi connectivity index (χ3n) is 3.37. The number of carbonyl (C=O) groups excluding carboxylic acids is 1. The second-order valence-electron chi connectivity index (χ2n) is 4.65. The summed E-state index contributed by atoms with van der Waals surface area (Å²) in [6, 6.07) is 9.86. The van der Waals surface area contributed by atoms with Gasteiger partial charge in [-0.15, -0.1) is 0 Å². The fourth-order valence-electron chi connectivity index (χ4n) is 1.99. The summed E-state index contributed by atoms with van der Waals surface area (Å²) in [5.41, 5.74) is 1.82. The van der Waals surface area contributed by atoms with Crippen LogP contribution in [0.1, 0.15) is 27.9 Å². The number of amides is 1. The van der Waals surface area contributed by atoms with Gasteiger partial charge in [-0.25, -0.2) is 0 Å². The van der Waals surface area contributed by atoms with Gasteiger partial charge in [0.2, 0.25) is 0 Å². The molecule has 106 valence electrons. The average molecular weight is 290 g/mol. The molecule has 0 atom stereocenters. The molecule has 0 N–H and O–H groups in total. The van der Waals surface area contributed by atoms with Crippen molar-refractivity contribution in [2.75, 3.05) is 6.54 Å². The molecule has 2 rings (SSSR count). The maximum absolute atomic E-state index is 12.6. The Labute approximate surface area is 122 Å². The molecule has 0 unspecified atom stereocenters. The van der Waals surface area contributed by atoms with E-state index in [4.69, 9.17) is 0 Å². The molecular weight excluding hydrogens is 272 g/mol. The molecule has 0 radical (unpaired) electrons. The van der Waals surface area contributed by atoms with Crippen LogP contribution in [0.5, 0.6) is 0 Å². The van der Waals surface area contributed by atoms with Gasteiger partial charge in [0.25, 0.3) is 5.91 Å². The SMILES string of the molecule is CCN(Cc1ccccc1)C(=O)c1sc(=O)n(C)c1C. The Morgan fingerprint density at radius 1 is 1.30 bits per heavy atom. The third kappa shape index (κ3) is 2.82. The van der Waals surface area contributed by atoms with E-state index < -0.39 is 0 Å². The maximum atomic E-state index is 12.6. The van der Waals surface area contributed by atoms with Crippen molar-refractivity contribution in [1.29, 1.82) is 0 Å². The van der Waals surface area contributed by atoms with Crippen LogP contribution in [0.25, 0.3) is 0 Å². The van der Waals surface area contributed by atoms with E-state index in [0.717, 1.165) is 22.6 Å². The van der Waals surface area contributed by atoms with Gasteiger partial charge in [-0.1, -0.05) is 41.7 Å². The fourth-order valence-corrected chi connectivity index (χ4v) is 2.94. The molecule has 0 saturated heterocycles. The zero-order chi connectivity index (χ0) is 14.7. The van der Waals surface area contributed by atoms with Gasteiger partial charge >= 0.3 is 4.87 Å². The van der Waals surface area contributed by atoms with E-state index in [1.54, 1.807) is 11.9 Å². The summed E-state index contributed by atoms with van der Waals surface area (Å²) in [4.78, 5) is 26.4. The fraction of sp³-hybridized carbons (Fsp3) is 0.333. The van der Waals surface area contributed by atoms with Crippen molar-refractivity contribution >= 4 is 17.2 Å². The van der Waals surface area contributed by atoms with Gasteiger partial charge in [0.1, 0.15) is 4.88 Å². The second-order valence-corrected chi connectivity index (χ2v) is 5.61. The van der Waals surface area contributed by atoms with Crippen molar-refractivity contribution in [3.8, 4) is 0 Å². The number of rotatable bonds is 4. The lowest BCUT2D eigenvalue weighted by molar-refractivity contribution is 0.0756. The Balaban J connectivity index is 2.25. The third-order valence-corrected chi connectivity index (χ3v) is 4.50. The summed E-state index contributed by atoms with van der Waals surface area (Å²) in [7, 11) is 1.69. The van der Waals surface area contributed by atoms with Gasteiger partial charge in [-0.2, -0.15) is 0 Å². The number of carbonyl (C=O) groups is 1. The lowest BCUT2D eigenvalue weighted by Gasteiger charge is -2.20. The van der Waals surface area contributed by atoms with Crippen molar-refractivity contribution in [3.05, 3.63) is 56.1 Å². The van der Waals surface area contributed by atoms with Crippen molar-refractivity contribution < 1.29 is 4.79 Å². The molecule has 1 aromatic heterocycles. The molecule has 0 aliphatic rings. The van der Waals surface area contributed by atoms with Crippen molar-refractivity contribution in [2.45, 2.75) is 20.4 Å². The van der Waals surface area contributed by atoms with Gasteiger partial charge in [-0.3, -0.25) is 9.59 Å². The molecule has 20 heavy (non-hydrogen) atoms. The number of hydrogen-bond acceptors (Lipinski definition) is 3. The predicted octanol–water partition coefficient (Wildman–Crippen LogP) is 2.42. The number of aromatic nitrogens is 1. The number of benzene rings is 1. The topological polar surface area (TPSA) is 42.3 Å². The first-order chi connectivity index (χ1) is 9.54. The molecule has 0 spiro atoms. The summed E-state index contributed by atoms with van der Waals surface area (Å²) in [6.07, 6.45) is 0. The van der Waals surface area contributed by atoms with E-state index in [0.29, 0.717) is 18.0 Å². The smallest absolute Gasteiger partial charge is 0.307 e. The standard InChI is InChI=1S/C15H18N2O2S/c1-4-17(10-12-8-6-5-7-9-12)14(18)13-11(2)16(3)15(19)20-13/h5-9H,4,10H2,1-3H3. The first-order valence-corrected chi connectivity index (χ1v) is 7.35. The number of nitrogens with zero attached hydrogens (tertiary/aromatic N) is 2. The van der Waals surface area contributed by atoms with Crippen LogP contribution in [-0.4, -0.2) is 21.9 Å². The lowest BCUT2D eigenvalue weighted by atomic mass is 10.2. The molecule has 0 saturated carbocycles. The molecule has 0 aliphatic carbocycles. The Morgan fingerprint density at radius 2 is 1.95 bits per heavy atom. The Hall–Kier alpha value is -1.88. The molecular formula is C15H18N2O2S. The van der Waals surface area contributed by atoms with Gasteiger partial charge in [0, 0.05) is 25.8 Å². The monoisotopic (exact) mass is 290 g/mol. The van der Waals surface area contributed by atoms with E-state index in [9.17, 15) is 9.59 Å². The highest BCUT2D eigenvalue weighted by atomic mass is 32.1. The van der Waals surface area contributed by atoms with Gasteiger partial charge in [-0.05, 0) is 19.4 Å². The van der Waals surface area contributed by atoms with E-state index >= 15 is 0 Å². The summed E-state index contributed by atoms with van der Waals surface area (Å²) in [5.74, 6) is -0.0726. The van der Waals surface area contributed by atoms with Crippen LogP contribution in [-0.2, 0) is 13.6 Å². The zero-order valence-electron chi connectivity index (χ0n) is 11.9. The van der Waals surface area contributed by atoms with Crippen molar-refractivity contribution in [3.63, 3.8) is 0 Å². The van der Waals surface area contributed by atoms with Gasteiger partial charge in [0.15, 0.2) is 0 Å². The molecule has 4 nitrogen and oxygen atoms in total. The first kappa shape index (κ1) is 14.5. The maximum Gasteiger partial charge on any atom is 0.307 e. The highest BCUT2D eigenvalue weighted by Gasteiger charge is 2.21. The van der Waals surface area contributed by atoms with Crippen molar-refractivity contribution in [1.82, 2.24) is 9.47 Å². The van der Waals surface area contributed by atoms with Crippen LogP contribution in [0.2, 0.25) is 0 Å². The number of thiazole rings is 1. The van der Waals surface area contributed by atoms with Gasteiger partial charge in [0.05, 0.1) is 0 Å². The molecule has 2 aromatic rings. The van der Waals surface area contributed by atoms with Crippen LogP contribution in [0.3, 0.4) is 0 Å². The normalized spacial score (nSPS) is 10.6. The van der Waals surface area contributed by atoms with E-state index in [1.165, 1.54) is 4.57 Å². The summed E-state index contributed by atoms with van der Waals surface area (Å²) in [5, 5.41) is 0. The minimum absolute atomic E-state index is 0.0726. The predicted molar refractivity (Wildman–Crippen MR) is 81.2 cm³/mol.